The van der Waals surface area contributed by atoms with E-state index in [9.17, 15) is 8.42 Å². The van der Waals surface area contributed by atoms with Crippen molar-refractivity contribution in [3.8, 4) is 11.3 Å². The van der Waals surface area contributed by atoms with Gasteiger partial charge in [0.1, 0.15) is 5.82 Å². The van der Waals surface area contributed by atoms with Crippen molar-refractivity contribution in [3.63, 3.8) is 0 Å². The van der Waals surface area contributed by atoms with Crippen LogP contribution in [0.3, 0.4) is 0 Å². The summed E-state index contributed by atoms with van der Waals surface area (Å²) in [5.41, 5.74) is 2.27. The Morgan fingerprint density at radius 1 is 1.06 bits per heavy atom. The molecule has 0 saturated carbocycles. The van der Waals surface area contributed by atoms with Gasteiger partial charge in [-0.1, -0.05) is 47.5 Å². The summed E-state index contributed by atoms with van der Waals surface area (Å²) in [6.45, 7) is 1.61. The van der Waals surface area contributed by atoms with Gasteiger partial charge in [0.15, 0.2) is 5.65 Å². The predicted molar refractivity (Wildman–Crippen MR) is 143 cm³/mol. The van der Waals surface area contributed by atoms with E-state index < -0.39 is 10.0 Å². The summed E-state index contributed by atoms with van der Waals surface area (Å²) < 4.78 is 30.1. The lowest BCUT2D eigenvalue weighted by Crippen LogP contribution is -2.39. The average Bonchev–Trinajstić information content (AvgIpc) is 3.24. The Balaban J connectivity index is 1.30. The molecule has 2 aromatic carbocycles. The first kappa shape index (κ1) is 24.5. The van der Waals surface area contributed by atoms with Gasteiger partial charge < -0.3 is 5.32 Å². The molecular formula is C24H22BrCl2N5O2S. The number of rotatable bonds is 6. The Kier molecular flexibility index (Phi) is 7.05. The van der Waals surface area contributed by atoms with Crippen LogP contribution in [-0.2, 0) is 10.0 Å². The third-order valence-corrected chi connectivity index (χ3v) is 9.18. The van der Waals surface area contributed by atoms with E-state index in [4.69, 9.17) is 28.2 Å². The molecule has 0 unspecified atom stereocenters. The first-order chi connectivity index (χ1) is 16.8. The standard InChI is InChI=1S/C24H22BrCl2N5O2S/c25-20-15-29-32-23(13-22(30-24(20)32)19-6-1-2-7-21(19)27)28-14-16-8-10-31(11-9-16)35(33,34)18-5-3-4-17(26)12-18/h1-7,12-13,15-16,28H,8-11,14H2. The molecule has 0 atom stereocenters. The van der Waals surface area contributed by atoms with Crippen LogP contribution >= 0.6 is 39.1 Å². The average molecular weight is 595 g/mol. The van der Waals surface area contributed by atoms with Gasteiger partial charge in [0.05, 0.1) is 21.3 Å². The lowest BCUT2D eigenvalue weighted by molar-refractivity contribution is 0.282. The second-order valence-electron chi connectivity index (χ2n) is 8.42. The molecule has 7 nitrogen and oxygen atoms in total. The first-order valence-electron chi connectivity index (χ1n) is 11.1. The maximum atomic E-state index is 13.0. The van der Waals surface area contributed by atoms with Crippen LogP contribution in [0.1, 0.15) is 12.8 Å². The molecule has 0 aliphatic carbocycles. The van der Waals surface area contributed by atoms with E-state index >= 15 is 0 Å². The van der Waals surface area contributed by atoms with Gasteiger partial charge in [-0.15, -0.1) is 0 Å². The molecule has 4 aromatic rings. The highest BCUT2D eigenvalue weighted by atomic mass is 79.9. The van der Waals surface area contributed by atoms with Crippen LogP contribution < -0.4 is 5.32 Å². The summed E-state index contributed by atoms with van der Waals surface area (Å²) >= 11 is 15.9. The van der Waals surface area contributed by atoms with Crippen molar-refractivity contribution >= 4 is 60.6 Å². The number of nitrogens with one attached hydrogen (secondary N) is 1. The summed E-state index contributed by atoms with van der Waals surface area (Å²) in [6.07, 6.45) is 3.21. The lowest BCUT2D eigenvalue weighted by Gasteiger charge is -2.31. The molecule has 1 aliphatic heterocycles. The molecule has 2 aromatic heterocycles. The van der Waals surface area contributed by atoms with Gasteiger partial charge >= 0.3 is 0 Å². The number of hydrogen-bond acceptors (Lipinski definition) is 5. The predicted octanol–water partition coefficient (Wildman–Crippen LogP) is 5.98. The van der Waals surface area contributed by atoms with Crippen LogP contribution in [-0.4, -0.2) is 47.0 Å². The van der Waals surface area contributed by atoms with Gasteiger partial charge in [-0.3, -0.25) is 0 Å². The van der Waals surface area contributed by atoms with Crippen LogP contribution in [0.4, 0.5) is 5.82 Å². The molecule has 35 heavy (non-hydrogen) atoms. The zero-order valence-corrected chi connectivity index (χ0v) is 22.4. The van der Waals surface area contributed by atoms with E-state index in [1.807, 2.05) is 30.3 Å². The lowest BCUT2D eigenvalue weighted by atomic mass is 9.98. The number of nitrogens with zero attached hydrogens (tertiary/aromatic N) is 4. The molecule has 1 saturated heterocycles. The molecule has 5 rings (SSSR count). The molecule has 1 N–H and O–H groups in total. The molecule has 0 radical (unpaired) electrons. The van der Waals surface area contributed by atoms with Crippen molar-refractivity contribution in [3.05, 3.63) is 75.3 Å². The van der Waals surface area contributed by atoms with E-state index in [1.165, 1.54) is 6.07 Å². The maximum Gasteiger partial charge on any atom is 0.243 e. The third-order valence-electron chi connectivity index (χ3n) is 6.16. The van der Waals surface area contributed by atoms with E-state index in [0.29, 0.717) is 41.2 Å². The summed E-state index contributed by atoms with van der Waals surface area (Å²) in [7, 11) is -3.55. The van der Waals surface area contributed by atoms with Crippen LogP contribution in [0.15, 0.2) is 70.2 Å². The first-order valence-corrected chi connectivity index (χ1v) is 14.1. The van der Waals surface area contributed by atoms with E-state index in [1.54, 1.807) is 33.2 Å². The number of hydrogen-bond donors (Lipinski definition) is 1. The molecule has 1 aliphatic rings. The summed E-state index contributed by atoms with van der Waals surface area (Å²) in [4.78, 5) is 4.97. The number of sulfonamides is 1. The van der Waals surface area contributed by atoms with E-state index in [0.717, 1.165) is 34.4 Å². The van der Waals surface area contributed by atoms with Crippen molar-refractivity contribution < 1.29 is 8.42 Å². The molecule has 0 spiro atoms. The number of benzene rings is 2. The van der Waals surface area contributed by atoms with Crippen LogP contribution in [0.2, 0.25) is 10.0 Å². The molecule has 1 fully saturated rings. The van der Waals surface area contributed by atoms with Crippen molar-refractivity contribution in [2.24, 2.45) is 5.92 Å². The minimum Gasteiger partial charge on any atom is -0.370 e. The third kappa shape index (κ3) is 5.06. The zero-order chi connectivity index (χ0) is 24.6. The molecule has 0 amide bonds. The number of anilines is 1. The van der Waals surface area contributed by atoms with E-state index in [2.05, 4.69) is 26.3 Å². The van der Waals surface area contributed by atoms with Gasteiger partial charge in [-0.2, -0.15) is 13.9 Å². The van der Waals surface area contributed by atoms with E-state index in [-0.39, 0.29) is 4.90 Å². The molecule has 11 heteroatoms. The van der Waals surface area contributed by atoms with Gasteiger partial charge in [0, 0.05) is 41.3 Å². The number of fused-ring (bicyclic) bond motifs is 1. The SMILES string of the molecule is O=S(=O)(c1cccc(Cl)c1)N1CCC(CNc2cc(-c3ccccc3Cl)nc3c(Br)cnn23)CC1. The smallest absolute Gasteiger partial charge is 0.243 e. The zero-order valence-electron chi connectivity index (χ0n) is 18.5. The Labute approximate surface area is 222 Å². The van der Waals surface area contributed by atoms with Crippen LogP contribution in [0.5, 0.6) is 0 Å². The minimum absolute atomic E-state index is 0.233. The maximum absolute atomic E-state index is 13.0. The van der Waals surface area contributed by atoms with Gasteiger partial charge in [0.25, 0.3) is 0 Å². The van der Waals surface area contributed by atoms with Gasteiger partial charge in [0.2, 0.25) is 10.0 Å². The van der Waals surface area contributed by atoms with Gasteiger partial charge in [-0.25, -0.2) is 13.4 Å². The quantitative estimate of drug-likeness (QED) is 0.297. The van der Waals surface area contributed by atoms with Crippen molar-refractivity contribution in [2.75, 3.05) is 25.0 Å². The Hall–Kier alpha value is -2.17. The number of aromatic nitrogens is 3. The fourth-order valence-electron chi connectivity index (χ4n) is 4.25. The Morgan fingerprint density at radius 2 is 1.83 bits per heavy atom. The normalized spacial score (nSPS) is 15.5. The topological polar surface area (TPSA) is 79.6 Å². The molecule has 0 bridgehead atoms. The highest BCUT2D eigenvalue weighted by Gasteiger charge is 2.29. The highest BCUT2D eigenvalue weighted by Crippen LogP contribution is 2.31. The fourth-order valence-corrected chi connectivity index (χ4v) is 6.60. The van der Waals surface area contributed by atoms with Crippen molar-refractivity contribution in [1.82, 2.24) is 18.9 Å². The highest BCUT2D eigenvalue weighted by molar-refractivity contribution is 9.10. The number of piperidine rings is 1. The largest absolute Gasteiger partial charge is 0.370 e. The van der Waals surface area contributed by atoms with Gasteiger partial charge in [-0.05, 0) is 59.0 Å². The molecule has 182 valence electrons. The van der Waals surface area contributed by atoms with Crippen LogP contribution in [0.25, 0.3) is 16.9 Å². The number of halogens is 3. The molecular weight excluding hydrogens is 573 g/mol. The van der Waals surface area contributed by atoms with Crippen molar-refractivity contribution in [1.29, 1.82) is 0 Å². The minimum atomic E-state index is -3.55. The second kappa shape index (κ2) is 10.1. The monoisotopic (exact) mass is 593 g/mol. The van der Waals surface area contributed by atoms with Crippen LogP contribution in [0, 0.1) is 5.92 Å². The second-order valence-corrected chi connectivity index (χ2v) is 12.1. The summed E-state index contributed by atoms with van der Waals surface area (Å²) in [5.74, 6) is 1.11. The Morgan fingerprint density at radius 3 is 2.57 bits per heavy atom. The summed E-state index contributed by atoms with van der Waals surface area (Å²) in [6, 6.07) is 15.9. The summed E-state index contributed by atoms with van der Waals surface area (Å²) in [5, 5.41) is 8.98. The van der Waals surface area contributed by atoms with Crippen molar-refractivity contribution in [2.45, 2.75) is 17.7 Å². The fraction of sp³-hybridized carbons (Fsp3) is 0.250. The molecule has 3 heterocycles. The Bertz CT molecular complexity index is 1490.